The van der Waals surface area contributed by atoms with Crippen molar-refractivity contribution in [3.8, 4) is 0 Å². The average Bonchev–Trinajstić information content (AvgIpc) is 2.36. The van der Waals surface area contributed by atoms with E-state index in [-0.39, 0.29) is 12.5 Å². The molecule has 1 atom stereocenters. The second kappa shape index (κ2) is 6.97. The van der Waals surface area contributed by atoms with E-state index in [0.717, 1.165) is 17.5 Å². The molecule has 0 aliphatic rings. The normalized spacial score (nSPS) is 13.2. The smallest absolute Gasteiger partial charge is 0.246 e. The number of benzene rings is 1. The molecule has 0 spiro atoms. The van der Waals surface area contributed by atoms with Gasteiger partial charge in [0, 0.05) is 12.1 Å². The zero-order chi connectivity index (χ0) is 13.5. The molecule has 0 aliphatic heterocycles. The van der Waals surface area contributed by atoms with Crippen molar-refractivity contribution in [3.63, 3.8) is 0 Å². The number of nitrogens with one attached hydrogen (secondary N) is 1. The third-order valence-electron chi connectivity index (χ3n) is 2.87. The minimum Gasteiger partial charge on any atom is -0.387 e. The SMILES string of the molecule is CC/C=C(/C)C(=O)NCC(O)c1ccccc1C. The second-order valence-corrected chi connectivity index (χ2v) is 4.38. The number of allylic oxidation sites excluding steroid dienone is 1. The number of hydrogen-bond acceptors (Lipinski definition) is 2. The zero-order valence-corrected chi connectivity index (χ0v) is 11.2. The van der Waals surface area contributed by atoms with Gasteiger partial charge >= 0.3 is 0 Å². The van der Waals surface area contributed by atoms with Crippen molar-refractivity contribution in [2.45, 2.75) is 33.3 Å². The van der Waals surface area contributed by atoms with Crippen molar-refractivity contribution in [1.29, 1.82) is 0 Å². The minimum atomic E-state index is -0.662. The Morgan fingerprint density at radius 2 is 2.11 bits per heavy atom. The summed E-state index contributed by atoms with van der Waals surface area (Å²) >= 11 is 0. The Hall–Kier alpha value is -1.61. The molecular weight excluding hydrogens is 226 g/mol. The molecule has 0 aliphatic carbocycles. The lowest BCUT2D eigenvalue weighted by Gasteiger charge is -2.14. The number of aliphatic hydroxyl groups is 1. The standard InChI is InChI=1S/C15H21NO2/c1-4-7-12(3)15(18)16-10-14(17)13-9-6-5-8-11(13)2/h5-9,14,17H,4,10H2,1-3H3,(H,16,18)/b12-7-. The fourth-order valence-corrected chi connectivity index (χ4v) is 1.80. The molecule has 1 aromatic rings. The first-order chi connectivity index (χ1) is 8.56. The van der Waals surface area contributed by atoms with Crippen LogP contribution >= 0.6 is 0 Å². The highest BCUT2D eigenvalue weighted by atomic mass is 16.3. The van der Waals surface area contributed by atoms with Gasteiger partial charge in [-0.1, -0.05) is 37.3 Å². The largest absolute Gasteiger partial charge is 0.387 e. The zero-order valence-electron chi connectivity index (χ0n) is 11.2. The first-order valence-corrected chi connectivity index (χ1v) is 6.24. The van der Waals surface area contributed by atoms with Crippen LogP contribution in [0.5, 0.6) is 0 Å². The molecule has 0 saturated heterocycles. The molecular formula is C15H21NO2. The molecule has 0 heterocycles. The molecule has 1 unspecified atom stereocenters. The van der Waals surface area contributed by atoms with Crippen LogP contribution in [0.4, 0.5) is 0 Å². The van der Waals surface area contributed by atoms with Crippen LogP contribution in [0.3, 0.4) is 0 Å². The molecule has 0 radical (unpaired) electrons. The Morgan fingerprint density at radius 1 is 1.44 bits per heavy atom. The molecule has 1 aromatic carbocycles. The first-order valence-electron chi connectivity index (χ1n) is 6.24. The lowest BCUT2D eigenvalue weighted by molar-refractivity contribution is -0.117. The van der Waals surface area contributed by atoms with Gasteiger partial charge in [0.05, 0.1) is 6.10 Å². The van der Waals surface area contributed by atoms with E-state index < -0.39 is 6.10 Å². The predicted octanol–water partition coefficient (Wildman–Crippen LogP) is 2.50. The fourth-order valence-electron chi connectivity index (χ4n) is 1.80. The maximum Gasteiger partial charge on any atom is 0.246 e. The predicted molar refractivity (Wildman–Crippen MR) is 73.2 cm³/mol. The number of carbonyl (C=O) groups is 1. The number of carbonyl (C=O) groups excluding carboxylic acids is 1. The molecule has 2 N–H and O–H groups in total. The van der Waals surface area contributed by atoms with Crippen LogP contribution in [-0.2, 0) is 4.79 Å². The van der Waals surface area contributed by atoms with E-state index in [1.54, 1.807) is 6.92 Å². The summed E-state index contributed by atoms with van der Waals surface area (Å²) in [7, 11) is 0. The second-order valence-electron chi connectivity index (χ2n) is 4.38. The summed E-state index contributed by atoms with van der Waals surface area (Å²) in [5, 5.41) is 12.8. The summed E-state index contributed by atoms with van der Waals surface area (Å²) < 4.78 is 0. The van der Waals surface area contributed by atoms with E-state index in [1.165, 1.54) is 0 Å². The maximum atomic E-state index is 11.7. The monoisotopic (exact) mass is 247 g/mol. The highest BCUT2D eigenvalue weighted by Crippen LogP contribution is 2.16. The van der Waals surface area contributed by atoms with Crippen molar-refractivity contribution in [2.24, 2.45) is 0 Å². The quantitative estimate of drug-likeness (QED) is 0.785. The van der Waals surface area contributed by atoms with Crippen LogP contribution < -0.4 is 5.32 Å². The molecule has 98 valence electrons. The van der Waals surface area contributed by atoms with E-state index in [4.69, 9.17) is 0 Å². The molecule has 1 rings (SSSR count). The van der Waals surface area contributed by atoms with Gasteiger partial charge in [-0.3, -0.25) is 4.79 Å². The first kappa shape index (κ1) is 14.5. The van der Waals surface area contributed by atoms with Gasteiger partial charge in [0.2, 0.25) is 5.91 Å². The van der Waals surface area contributed by atoms with Crippen LogP contribution in [0, 0.1) is 6.92 Å². The van der Waals surface area contributed by atoms with Crippen LogP contribution in [0.25, 0.3) is 0 Å². The van der Waals surface area contributed by atoms with Crippen LogP contribution in [-0.4, -0.2) is 17.6 Å². The summed E-state index contributed by atoms with van der Waals surface area (Å²) in [6.07, 6.45) is 2.04. The van der Waals surface area contributed by atoms with Crippen molar-refractivity contribution in [1.82, 2.24) is 5.32 Å². The van der Waals surface area contributed by atoms with Gasteiger partial charge in [-0.15, -0.1) is 0 Å². The number of amides is 1. The van der Waals surface area contributed by atoms with E-state index in [0.29, 0.717) is 5.57 Å². The summed E-state index contributed by atoms with van der Waals surface area (Å²) in [5.41, 5.74) is 2.57. The molecule has 0 bridgehead atoms. The van der Waals surface area contributed by atoms with Gasteiger partial charge in [-0.05, 0) is 31.4 Å². The van der Waals surface area contributed by atoms with Gasteiger partial charge in [0.25, 0.3) is 0 Å². The Morgan fingerprint density at radius 3 is 2.72 bits per heavy atom. The molecule has 3 heteroatoms. The molecule has 18 heavy (non-hydrogen) atoms. The Labute approximate surface area is 109 Å². The Bertz CT molecular complexity index is 438. The lowest BCUT2D eigenvalue weighted by atomic mass is 10.0. The summed E-state index contributed by atoms with van der Waals surface area (Å²) in [6, 6.07) is 7.64. The molecule has 0 saturated carbocycles. The lowest BCUT2D eigenvalue weighted by Crippen LogP contribution is -2.29. The van der Waals surface area contributed by atoms with Crippen LogP contribution in [0.1, 0.15) is 37.5 Å². The number of aryl methyl sites for hydroxylation is 1. The maximum absolute atomic E-state index is 11.7. The third-order valence-corrected chi connectivity index (χ3v) is 2.87. The number of hydrogen-bond donors (Lipinski definition) is 2. The van der Waals surface area contributed by atoms with E-state index in [2.05, 4.69) is 5.32 Å². The summed E-state index contributed by atoms with van der Waals surface area (Å²) in [6.45, 7) is 5.94. The summed E-state index contributed by atoms with van der Waals surface area (Å²) in [5.74, 6) is -0.121. The van der Waals surface area contributed by atoms with E-state index in [1.807, 2.05) is 44.2 Å². The van der Waals surface area contributed by atoms with Gasteiger partial charge < -0.3 is 10.4 Å². The summed E-state index contributed by atoms with van der Waals surface area (Å²) in [4.78, 5) is 11.7. The molecule has 1 amide bonds. The molecule has 3 nitrogen and oxygen atoms in total. The van der Waals surface area contributed by atoms with Crippen LogP contribution in [0.2, 0.25) is 0 Å². The highest BCUT2D eigenvalue weighted by Gasteiger charge is 2.11. The minimum absolute atomic E-state index is 0.121. The third kappa shape index (κ3) is 4.00. The Kier molecular flexibility index (Phi) is 5.59. The number of rotatable bonds is 5. The van der Waals surface area contributed by atoms with E-state index in [9.17, 15) is 9.90 Å². The van der Waals surface area contributed by atoms with Crippen molar-refractivity contribution in [3.05, 3.63) is 47.0 Å². The van der Waals surface area contributed by atoms with Gasteiger partial charge in [0.1, 0.15) is 0 Å². The van der Waals surface area contributed by atoms with Crippen molar-refractivity contribution >= 4 is 5.91 Å². The molecule has 0 fully saturated rings. The Balaban J connectivity index is 2.57. The van der Waals surface area contributed by atoms with Crippen LogP contribution in [0.15, 0.2) is 35.9 Å². The van der Waals surface area contributed by atoms with Gasteiger partial charge in [-0.25, -0.2) is 0 Å². The average molecular weight is 247 g/mol. The topological polar surface area (TPSA) is 49.3 Å². The van der Waals surface area contributed by atoms with Crippen molar-refractivity contribution < 1.29 is 9.90 Å². The fraction of sp³-hybridized carbons (Fsp3) is 0.400. The van der Waals surface area contributed by atoms with Gasteiger partial charge in [0.15, 0.2) is 0 Å². The van der Waals surface area contributed by atoms with Crippen molar-refractivity contribution in [2.75, 3.05) is 6.54 Å². The molecule has 0 aromatic heterocycles. The highest BCUT2D eigenvalue weighted by molar-refractivity contribution is 5.92. The van der Waals surface area contributed by atoms with E-state index >= 15 is 0 Å². The van der Waals surface area contributed by atoms with Gasteiger partial charge in [-0.2, -0.15) is 0 Å². The number of aliphatic hydroxyl groups excluding tert-OH is 1.